The summed E-state index contributed by atoms with van der Waals surface area (Å²) in [5.41, 5.74) is -4.70. The molecule has 0 aliphatic heterocycles. The Morgan fingerprint density at radius 1 is 1.15 bits per heavy atom. The molecule has 1 aromatic rings. The third kappa shape index (κ3) is 2.71. The number of aliphatic hydroxyl groups excluding tert-OH is 3. The van der Waals surface area contributed by atoms with Crippen molar-refractivity contribution in [2.24, 2.45) is 11.8 Å². The number of phenols is 1. The van der Waals surface area contributed by atoms with E-state index in [1.54, 1.807) is 0 Å². The van der Waals surface area contributed by atoms with Gasteiger partial charge in [-0.15, -0.1) is 0 Å². The summed E-state index contributed by atoms with van der Waals surface area (Å²) in [6, 6.07) is 0.595. The average Bonchev–Trinajstić information content (AvgIpc) is 2.72. The molecule has 4 rings (SSSR count). The first-order valence-electron chi connectivity index (χ1n) is 10.3. The lowest BCUT2D eigenvalue weighted by Crippen LogP contribution is -2.70. The molecule has 0 bridgehead atoms. The SMILES string of the molecule is CC(=O)C1=C(O)[C@@]2(O)C(=O)C3=C(O)c4c(O)ccc([18F])c4[C@H](C)[C@H]3[C@H](O)[C@H]2[C@H](N(C)C)C1=O. The number of hydrogen-bond acceptors (Lipinski definition) is 9. The maximum absolute atomic E-state index is 14.7. The average molecular weight is 460 g/mol. The summed E-state index contributed by atoms with van der Waals surface area (Å²) < 4.78 is 14.7. The topological polar surface area (TPSA) is 156 Å². The van der Waals surface area contributed by atoms with Crippen molar-refractivity contribution < 1.29 is 44.3 Å². The van der Waals surface area contributed by atoms with Gasteiger partial charge in [0.1, 0.15) is 28.7 Å². The first kappa shape index (κ1) is 23.1. The van der Waals surface area contributed by atoms with Crippen LogP contribution in [0.5, 0.6) is 5.75 Å². The Bertz CT molecular complexity index is 1190. The molecule has 9 nitrogen and oxygen atoms in total. The number of hydrogen-bond donors (Lipinski definition) is 5. The molecular weight excluding hydrogens is 436 g/mol. The van der Waals surface area contributed by atoms with Crippen molar-refractivity contribution >= 4 is 23.1 Å². The second kappa shape index (κ2) is 7.21. The zero-order valence-corrected chi connectivity index (χ0v) is 18.3. The lowest BCUT2D eigenvalue weighted by Gasteiger charge is -2.53. The molecule has 6 atom stereocenters. The van der Waals surface area contributed by atoms with E-state index in [0.717, 1.165) is 19.1 Å². The van der Waals surface area contributed by atoms with Crippen molar-refractivity contribution in [3.05, 3.63) is 46.0 Å². The van der Waals surface area contributed by atoms with Crippen molar-refractivity contribution in [2.45, 2.75) is 37.5 Å². The first-order valence-corrected chi connectivity index (χ1v) is 10.3. The van der Waals surface area contributed by atoms with Gasteiger partial charge in [-0.25, -0.2) is 4.39 Å². The normalized spacial score (nSPS) is 33.8. The van der Waals surface area contributed by atoms with E-state index in [9.17, 15) is 44.3 Å². The Morgan fingerprint density at radius 2 is 1.76 bits per heavy atom. The van der Waals surface area contributed by atoms with Crippen LogP contribution in [0.4, 0.5) is 4.39 Å². The quantitative estimate of drug-likeness (QED) is 0.402. The highest BCUT2D eigenvalue weighted by Crippen LogP contribution is 2.56. The Kier molecular flexibility index (Phi) is 5.04. The van der Waals surface area contributed by atoms with Gasteiger partial charge in [0.15, 0.2) is 17.2 Å². The van der Waals surface area contributed by atoms with Crippen LogP contribution in [0.1, 0.15) is 30.9 Å². The fraction of sp³-hybridized carbons (Fsp3) is 0.435. The molecular formula is C23H24FNO8. The third-order valence-corrected chi connectivity index (χ3v) is 7.16. The summed E-state index contributed by atoms with van der Waals surface area (Å²) in [5, 5.41) is 54.9. The molecule has 0 heterocycles. The van der Waals surface area contributed by atoms with Gasteiger partial charge >= 0.3 is 0 Å². The monoisotopic (exact) mass is 460 g/mol. The van der Waals surface area contributed by atoms with Crippen LogP contribution in [0.3, 0.4) is 0 Å². The number of halogens is 1. The van der Waals surface area contributed by atoms with Gasteiger partial charge < -0.3 is 25.5 Å². The van der Waals surface area contributed by atoms with Crippen LogP contribution in [-0.2, 0) is 14.4 Å². The van der Waals surface area contributed by atoms with Gasteiger partial charge in [0.25, 0.3) is 0 Å². The van der Waals surface area contributed by atoms with Gasteiger partial charge in [0, 0.05) is 17.1 Å². The maximum atomic E-state index is 14.7. The second-order valence-electron chi connectivity index (χ2n) is 9.10. The Hall–Kier alpha value is -3.08. The number of aliphatic hydroxyl groups is 4. The molecule has 0 unspecified atom stereocenters. The van der Waals surface area contributed by atoms with Crippen LogP contribution in [0, 0.1) is 17.7 Å². The molecule has 3 aliphatic rings. The van der Waals surface area contributed by atoms with E-state index in [4.69, 9.17) is 0 Å². The smallest absolute Gasteiger partial charge is 0.202 e. The zero-order chi connectivity index (χ0) is 24.7. The minimum absolute atomic E-state index is 0.133. The summed E-state index contributed by atoms with van der Waals surface area (Å²) >= 11 is 0. The molecule has 1 fully saturated rings. The molecule has 1 aromatic carbocycles. The van der Waals surface area contributed by atoms with Crippen molar-refractivity contribution in [1.29, 1.82) is 0 Å². The van der Waals surface area contributed by atoms with Crippen LogP contribution in [0.2, 0.25) is 0 Å². The molecule has 0 radical (unpaired) electrons. The fourth-order valence-corrected chi connectivity index (χ4v) is 5.75. The molecule has 0 aromatic heterocycles. The number of Topliss-reactive ketones (excluding diaryl/α,β-unsaturated/α-hetero) is 3. The molecule has 3 aliphatic carbocycles. The van der Waals surface area contributed by atoms with Gasteiger partial charge in [-0.1, -0.05) is 6.92 Å². The molecule has 33 heavy (non-hydrogen) atoms. The summed E-state index contributed by atoms with van der Waals surface area (Å²) in [6.45, 7) is 2.47. The van der Waals surface area contributed by atoms with Gasteiger partial charge in [-0.3, -0.25) is 19.3 Å². The zero-order valence-electron chi connectivity index (χ0n) is 18.3. The minimum atomic E-state index is -2.91. The number of nitrogens with zero attached hydrogens (tertiary/aromatic N) is 1. The Morgan fingerprint density at radius 3 is 2.30 bits per heavy atom. The number of aromatic hydroxyl groups is 1. The number of likely N-dealkylation sites (N-methyl/N-ethyl adjacent to an activating group) is 1. The lowest BCUT2D eigenvalue weighted by molar-refractivity contribution is -0.169. The van der Waals surface area contributed by atoms with Crippen molar-refractivity contribution in [2.75, 3.05) is 14.1 Å². The second-order valence-corrected chi connectivity index (χ2v) is 9.10. The molecule has 5 N–H and O–H groups in total. The van der Waals surface area contributed by atoms with Gasteiger partial charge in [-0.2, -0.15) is 0 Å². The van der Waals surface area contributed by atoms with Crippen molar-refractivity contribution in [1.82, 2.24) is 4.90 Å². The number of fused-ring (bicyclic) bond motifs is 3. The largest absolute Gasteiger partial charge is 0.508 e. The van der Waals surface area contributed by atoms with Crippen LogP contribution in [0.15, 0.2) is 29.0 Å². The van der Waals surface area contributed by atoms with Gasteiger partial charge in [0.2, 0.25) is 5.78 Å². The Balaban J connectivity index is 2.08. The third-order valence-electron chi connectivity index (χ3n) is 7.16. The first-order chi connectivity index (χ1) is 15.3. The number of carbonyl (C=O) groups is 3. The highest BCUT2D eigenvalue weighted by atomic mass is 18.2. The van der Waals surface area contributed by atoms with E-state index in [-0.39, 0.29) is 11.1 Å². The van der Waals surface area contributed by atoms with Crippen LogP contribution in [-0.4, -0.2) is 79.6 Å². The molecule has 1 saturated carbocycles. The van der Waals surface area contributed by atoms with Crippen LogP contribution < -0.4 is 0 Å². The molecule has 176 valence electrons. The molecule has 0 saturated heterocycles. The summed E-state index contributed by atoms with van der Waals surface area (Å²) in [7, 11) is 2.89. The molecule has 10 heteroatoms. The number of ketones is 3. The van der Waals surface area contributed by atoms with E-state index < -0.39 is 87.1 Å². The highest BCUT2D eigenvalue weighted by molar-refractivity contribution is 6.25. The van der Waals surface area contributed by atoms with E-state index in [2.05, 4.69) is 0 Å². The lowest BCUT2D eigenvalue weighted by atomic mass is 9.54. The van der Waals surface area contributed by atoms with E-state index in [1.807, 2.05) is 0 Å². The van der Waals surface area contributed by atoms with E-state index >= 15 is 0 Å². The summed E-state index contributed by atoms with van der Waals surface area (Å²) in [4.78, 5) is 40.3. The number of carbonyl (C=O) groups excluding carboxylic acids is 3. The van der Waals surface area contributed by atoms with Gasteiger partial charge in [-0.05, 0) is 39.1 Å². The number of phenolic OH excluding ortho intramolecular Hbond substituents is 1. The van der Waals surface area contributed by atoms with E-state index in [1.165, 1.54) is 25.9 Å². The summed E-state index contributed by atoms with van der Waals surface area (Å²) in [5.74, 6) is -10.2. The van der Waals surface area contributed by atoms with Crippen LogP contribution in [0.25, 0.3) is 5.76 Å². The summed E-state index contributed by atoms with van der Waals surface area (Å²) in [6.07, 6.45) is -1.72. The molecule has 0 amide bonds. The van der Waals surface area contributed by atoms with E-state index in [0.29, 0.717) is 0 Å². The van der Waals surface area contributed by atoms with Gasteiger partial charge in [0.05, 0.1) is 23.6 Å². The fourth-order valence-electron chi connectivity index (χ4n) is 5.75. The predicted octanol–water partition coefficient (Wildman–Crippen LogP) is 0.739. The van der Waals surface area contributed by atoms with Crippen molar-refractivity contribution in [3.8, 4) is 5.75 Å². The number of rotatable bonds is 2. The standard InChI is InChI=1S/C23H24FNO8/c1-7-11-9(24)5-6-10(27)14(11)18(28)15-12(7)19(29)16-17(25(3)4)20(30)13(8(2)26)21(31)23(16,33)22(15)32/h5-7,12,16-17,19,27-29,31,33H,1-4H3/t7-,12+,16+,17-,19-,23+/m0/s1/i24-1. The van der Waals surface area contributed by atoms with Crippen LogP contribution >= 0.6 is 0 Å². The highest BCUT2D eigenvalue weighted by Gasteiger charge is 2.68. The Labute approximate surface area is 188 Å². The molecule has 0 spiro atoms. The number of benzene rings is 1. The van der Waals surface area contributed by atoms with Crippen molar-refractivity contribution in [3.63, 3.8) is 0 Å². The minimum Gasteiger partial charge on any atom is -0.508 e. The maximum Gasteiger partial charge on any atom is 0.202 e. The predicted molar refractivity (Wildman–Crippen MR) is 112 cm³/mol.